The molecule has 8 heteroatoms. The zero-order chi connectivity index (χ0) is 21.5. The molecule has 0 aliphatic heterocycles. The average molecular weight is 460 g/mol. The molecule has 3 aromatic rings. The second kappa shape index (κ2) is 8.21. The number of fused-ring (bicyclic) bond motifs is 1. The number of nitrogens with zero attached hydrogens (tertiary/aromatic N) is 3. The van der Waals surface area contributed by atoms with Gasteiger partial charge in [0.25, 0.3) is 5.91 Å². The Hall–Kier alpha value is -2.09. The molecule has 0 radical (unpaired) electrons. The van der Waals surface area contributed by atoms with Crippen molar-refractivity contribution in [2.75, 3.05) is 13.4 Å². The number of thioether (sulfide) groups is 1. The first kappa shape index (κ1) is 21.2. The molecule has 4 rings (SSSR count). The number of hydrogen-bond acceptors (Lipinski definition) is 6. The van der Waals surface area contributed by atoms with E-state index in [-0.39, 0.29) is 11.3 Å². The number of carbonyl (C=O) groups is 1. The summed E-state index contributed by atoms with van der Waals surface area (Å²) in [6, 6.07) is 8.73. The van der Waals surface area contributed by atoms with Crippen LogP contribution in [0, 0.1) is 5.41 Å². The number of halogens is 1. The van der Waals surface area contributed by atoms with Crippen LogP contribution in [0.4, 0.5) is 0 Å². The predicted octanol–water partition coefficient (Wildman–Crippen LogP) is 6.00. The van der Waals surface area contributed by atoms with E-state index in [9.17, 15) is 4.79 Å². The lowest BCUT2D eigenvalue weighted by Gasteiger charge is -2.31. The summed E-state index contributed by atoms with van der Waals surface area (Å²) in [6.07, 6.45) is 5.58. The van der Waals surface area contributed by atoms with Crippen molar-refractivity contribution in [1.29, 1.82) is 0 Å². The predicted molar refractivity (Wildman–Crippen MR) is 124 cm³/mol. The number of carbonyl (C=O) groups excluding carboxylic acids is 1. The van der Waals surface area contributed by atoms with Crippen LogP contribution in [0.25, 0.3) is 10.6 Å². The summed E-state index contributed by atoms with van der Waals surface area (Å²) in [7, 11) is 1.59. The smallest absolute Gasteiger partial charge is 0.278 e. The van der Waals surface area contributed by atoms with Crippen LogP contribution in [0.15, 0.2) is 45.9 Å². The van der Waals surface area contributed by atoms with Crippen molar-refractivity contribution in [1.82, 2.24) is 9.78 Å². The number of aromatic nitrogens is 2. The van der Waals surface area contributed by atoms with Gasteiger partial charge in [-0.05, 0) is 60.4 Å². The molecular formula is C22H22ClN3O2S2. The normalized spacial score (nSPS) is 16.5. The molecule has 0 bridgehead atoms. The molecular weight excluding hydrogens is 438 g/mol. The maximum absolute atomic E-state index is 12.8. The van der Waals surface area contributed by atoms with Crippen molar-refractivity contribution < 1.29 is 9.63 Å². The third-order valence-corrected chi connectivity index (χ3v) is 7.70. The first-order chi connectivity index (χ1) is 14.3. The number of thiophene rings is 1. The minimum Gasteiger partial charge on any atom is -0.399 e. The molecule has 5 nitrogen and oxygen atoms in total. The maximum Gasteiger partial charge on any atom is 0.278 e. The molecule has 1 aromatic carbocycles. The van der Waals surface area contributed by atoms with Crippen LogP contribution in [0.2, 0.25) is 5.02 Å². The van der Waals surface area contributed by atoms with Gasteiger partial charge < -0.3 is 4.84 Å². The lowest BCUT2D eigenvalue weighted by molar-refractivity contribution is 0.0945. The largest absolute Gasteiger partial charge is 0.399 e. The number of oxime groups is 1. The van der Waals surface area contributed by atoms with E-state index in [1.54, 1.807) is 60.7 Å². The third-order valence-electron chi connectivity index (χ3n) is 5.07. The molecule has 2 aromatic heterocycles. The molecule has 0 atom stereocenters. The highest BCUT2D eigenvalue weighted by atomic mass is 35.5. The summed E-state index contributed by atoms with van der Waals surface area (Å²) in [5.74, 6) is -0.185. The van der Waals surface area contributed by atoms with Gasteiger partial charge in [0.15, 0.2) is 0 Å². The van der Waals surface area contributed by atoms with E-state index in [2.05, 4.69) is 30.4 Å². The molecule has 1 aliphatic carbocycles. The van der Waals surface area contributed by atoms with E-state index in [1.807, 2.05) is 6.07 Å². The lowest BCUT2D eigenvalue weighted by Crippen LogP contribution is -2.27. The molecule has 1 aliphatic rings. The van der Waals surface area contributed by atoms with E-state index < -0.39 is 0 Å². The second-order valence-electron chi connectivity index (χ2n) is 7.97. The van der Waals surface area contributed by atoms with E-state index in [4.69, 9.17) is 16.4 Å². The molecule has 0 saturated carbocycles. The Labute approximate surface area is 189 Å². The third kappa shape index (κ3) is 3.94. The van der Waals surface area contributed by atoms with Gasteiger partial charge in [0.1, 0.15) is 12.8 Å². The topological polar surface area (TPSA) is 56.5 Å². The Balaban J connectivity index is 1.77. The Morgan fingerprint density at radius 3 is 2.67 bits per heavy atom. The van der Waals surface area contributed by atoms with Crippen molar-refractivity contribution >= 4 is 46.3 Å². The van der Waals surface area contributed by atoms with Crippen LogP contribution in [-0.4, -0.2) is 34.8 Å². The molecule has 0 amide bonds. The number of rotatable bonds is 4. The van der Waals surface area contributed by atoms with Gasteiger partial charge in [-0.25, -0.2) is 4.68 Å². The van der Waals surface area contributed by atoms with E-state index in [0.29, 0.717) is 10.6 Å². The Bertz CT molecular complexity index is 1130. The van der Waals surface area contributed by atoms with Gasteiger partial charge in [0.2, 0.25) is 0 Å². The van der Waals surface area contributed by atoms with Gasteiger partial charge in [-0.1, -0.05) is 30.6 Å². The monoisotopic (exact) mass is 459 g/mol. The fraction of sp³-hybridized carbons (Fsp3) is 0.318. The van der Waals surface area contributed by atoms with E-state index >= 15 is 0 Å². The molecule has 30 heavy (non-hydrogen) atoms. The van der Waals surface area contributed by atoms with Gasteiger partial charge in [0, 0.05) is 22.3 Å². The molecule has 0 fully saturated rings. The van der Waals surface area contributed by atoms with Gasteiger partial charge in [-0.2, -0.15) is 5.10 Å². The van der Waals surface area contributed by atoms with Gasteiger partial charge in [-0.3, -0.25) is 4.79 Å². The van der Waals surface area contributed by atoms with Crippen molar-refractivity contribution in [2.24, 2.45) is 10.6 Å². The van der Waals surface area contributed by atoms with Crippen LogP contribution < -0.4 is 0 Å². The van der Waals surface area contributed by atoms with Gasteiger partial charge in [-0.15, -0.1) is 23.1 Å². The first-order valence-electron chi connectivity index (χ1n) is 9.49. The quantitative estimate of drug-likeness (QED) is 0.354. The van der Waals surface area contributed by atoms with E-state index in [1.165, 1.54) is 20.0 Å². The summed E-state index contributed by atoms with van der Waals surface area (Å²) in [5.41, 5.74) is 4.79. The zero-order valence-electron chi connectivity index (χ0n) is 17.2. The zero-order valence-corrected chi connectivity index (χ0v) is 19.6. The summed E-state index contributed by atoms with van der Waals surface area (Å²) >= 11 is 9.35. The van der Waals surface area contributed by atoms with Crippen molar-refractivity contribution in [2.45, 2.75) is 30.9 Å². The molecule has 0 N–H and O–H groups in total. The van der Waals surface area contributed by atoms with Crippen LogP contribution >= 0.6 is 34.7 Å². The summed E-state index contributed by atoms with van der Waals surface area (Å²) in [6.45, 7) is 4.48. The summed E-state index contributed by atoms with van der Waals surface area (Å²) < 4.78 is 2.59. The summed E-state index contributed by atoms with van der Waals surface area (Å²) in [5, 5.41) is 9.55. The fourth-order valence-electron chi connectivity index (χ4n) is 3.81. The van der Waals surface area contributed by atoms with Crippen molar-refractivity contribution in [3.63, 3.8) is 0 Å². The van der Waals surface area contributed by atoms with Crippen LogP contribution in [-0.2, 0) is 11.3 Å². The summed E-state index contributed by atoms with van der Waals surface area (Å²) in [4.78, 5) is 19.1. The average Bonchev–Trinajstić information content (AvgIpc) is 3.32. The van der Waals surface area contributed by atoms with Crippen LogP contribution in [0.3, 0.4) is 0 Å². The van der Waals surface area contributed by atoms with Crippen LogP contribution in [0.1, 0.15) is 41.8 Å². The number of benzene rings is 1. The maximum atomic E-state index is 12.8. The second-order valence-corrected chi connectivity index (χ2v) is 10.5. The minimum absolute atomic E-state index is 0.0670. The van der Waals surface area contributed by atoms with E-state index in [0.717, 1.165) is 29.1 Å². The highest BCUT2D eigenvalue weighted by Gasteiger charge is 2.36. The highest BCUT2D eigenvalue weighted by Crippen LogP contribution is 2.48. The van der Waals surface area contributed by atoms with Gasteiger partial charge >= 0.3 is 0 Å². The Kier molecular flexibility index (Phi) is 5.79. The highest BCUT2D eigenvalue weighted by molar-refractivity contribution is 8.00. The van der Waals surface area contributed by atoms with Gasteiger partial charge in [0.05, 0.1) is 14.8 Å². The first-order valence-corrected chi connectivity index (χ1v) is 11.9. The molecule has 0 spiro atoms. The molecule has 0 saturated heterocycles. The number of hydrogen-bond donors (Lipinski definition) is 0. The Morgan fingerprint density at radius 2 is 2.00 bits per heavy atom. The van der Waals surface area contributed by atoms with Crippen LogP contribution in [0.5, 0.6) is 0 Å². The standard InChI is InChI=1S/C22H22ClN3O2S2/c1-22(2)11-15-18(17(12-22)25-28-3)21(29-4)30-19(15)16-9-10-26(24-16)20(27)13-5-7-14(23)8-6-13/h5-10H,11-12H2,1-4H3/b25-17+. The van der Waals surface area contributed by atoms with Crippen molar-refractivity contribution in [3.8, 4) is 10.6 Å². The SMILES string of the molecule is CO/N=C1\CC(C)(C)Cc2c(-c3ccn(C(=O)c4ccc(Cl)cc4)n3)sc(SC)c21. The Morgan fingerprint density at radius 1 is 1.27 bits per heavy atom. The molecule has 0 unspecified atom stereocenters. The lowest BCUT2D eigenvalue weighted by atomic mass is 9.74. The molecule has 2 heterocycles. The van der Waals surface area contributed by atoms with Crippen molar-refractivity contribution in [3.05, 3.63) is 58.2 Å². The minimum atomic E-state index is -0.185. The fourth-order valence-corrected chi connectivity index (χ4v) is 6.00. The molecule has 156 valence electrons.